The van der Waals surface area contributed by atoms with Gasteiger partial charge in [-0.25, -0.2) is 9.78 Å². The van der Waals surface area contributed by atoms with Gasteiger partial charge in [-0.1, -0.05) is 58.9 Å². The zero-order valence-corrected chi connectivity index (χ0v) is 28.0. The van der Waals surface area contributed by atoms with Gasteiger partial charge in [0, 0.05) is 31.9 Å². The molecule has 2 aliphatic rings. The molecular formula is C34H45N7O7. The molecule has 2 aromatic rings. The molecule has 14 heteroatoms. The Morgan fingerprint density at radius 1 is 0.979 bits per heavy atom. The predicted molar refractivity (Wildman–Crippen MR) is 174 cm³/mol. The molecule has 3 N–H and O–H groups in total. The van der Waals surface area contributed by atoms with E-state index < -0.39 is 65.9 Å². The molecule has 1 fully saturated rings. The monoisotopic (exact) mass is 663 g/mol. The SMILES string of the molecule is CC[C@@H](C=O)NC(=O)[C@@H]1C[C@@H](OC(=O)N2CCc3ccccc3C2)CN1C(=O)[C@@H](NC(=O)[C@@H](NC(=O)c1cnccn1)C(C)C)C(C)C. The van der Waals surface area contributed by atoms with Crippen LogP contribution in [0.25, 0.3) is 0 Å². The first-order chi connectivity index (χ1) is 22.9. The maximum atomic E-state index is 14.2. The van der Waals surface area contributed by atoms with E-state index in [1.807, 2.05) is 24.3 Å². The van der Waals surface area contributed by atoms with Gasteiger partial charge in [-0.15, -0.1) is 0 Å². The number of likely N-dealkylation sites (tertiary alicyclic amines) is 1. The lowest BCUT2D eigenvalue weighted by atomic mass is 9.98. The molecule has 1 aromatic carbocycles. The second-order valence-corrected chi connectivity index (χ2v) is 12.9. The van der Waals surface area contributed by atoms with Crippen molar-refractivity contribution in [3.63, 3.8) is 0 Å². The third-order valence-electron chi connectivity index (χ3n) is 8.70. The topological polar surface area (TPSA) is 180 Å². The first-order valence-corrected chi connectivity index (χ1v) is 16.4. The lowest BCUT2D eigenvalue weighted by molar-refractivity contribution is -0.143. The highest BCUT2D eigenvalue weighted by molar-refractivity contribution is 5.98. The van der Waals surface area contributed by atoms with Crippen LogP contribution in [0.5, 0.6) is 0 Å². The standard InChI is InChI=1S/C34H45N7O7/c1-6-24(19-42)37-31(44)27-15-25(48-34(47)40-14-11-22-9-7-8-10-23(22)17-40)18-41(27)33(46)29(21(4)5)39-32(45)28(20(2)3)38-30(43)26-16-35-12-13-36-26/h7-10,12-13,16,19-21,24-25,27-29H,6,11,14-15,17-18H2,1-5H3,(H,37,44)(H,38,43)(H,39,45)/t24-,25+,27-,28-,29-/m0/s1. The number of hydrogen-bond acceptors (Lipinski definition) is 9. The Bertz CT molecular complexity index is 1490. The van der Waals surface area contributed by atoms with Gasteiger partial charge in [0.25, 0.3) is 5.91 Å². The quantitative estimate of drug-likeness (QED) is 0.285. The van der Waals surface area contributed by atoms with Crippen LogP contribution in [-0.2, 0) is 36.9 Å². The van der Waals surface area contributed by atoms with Gasteiger partial charge in [-0.2, -0.15) is 0 Å². The van der Waals surface area contributed by atoms with Gasteiger partial charge in [0.2, 0.25) is 17.7 Å². The van der Waals surface area contributed by atoms with Crippen LogP contribution in [0, 0.1) is 11.8 Å². The largest absolute Gasteiger partial charge is 0.444 e. The van der Waals surface area contributed by atoms with Crippen LogP contribution in [-0.4, -0.2) is 99.1 Å². The third kappa shape index (κ3) is 8.72. The van der Waals surface area contributed by atoms with Crippen LogP contribution in [0.4, 0.5) is 4.79 Å². The molecule has 48 heavy (non-hydrogen) atoms. The lowest BCUT2D eigenvalue weighted by Crippen LogP contribution is -2.59. The number of ether oxygens (including phenoxy) is 1. The van der Waals surface area contributed by atoms with Gasteiger partial charge in [-0.3, -0.25) is 24.2 Å². The minimum absolute atomic E-state index is 0.0184. The van der Waals surface area contributed by atoms with Gasteiger partial charge in [0.1, 0.15) is 36.2 Å². The van der Waals surface area contributed by atoms with Crippen molar-refractivity contribution in [3.8, 4) is 0 Å². The van der Waals surface area contributed by atoms with Gasteiger partial charge >= 0.3 is 6.09 Å². The number of nitrogens with zero attached hydrogens (tertiary/aromatic N) is 4. The minimum Gasteiger partial charge on any atom is -0.444 e. The fourth-order valence-corrected chi connectivity index (χ4v) is 5.86. The van der Waals surface area contributed by atoms with Gasteiger partial charge in [0.15, 0.2) is 0 Å². The normalized spacial score (nSPS) is 19.1. The zero-order valence-electron chi connectivity index (χ0n) is 28.0. The van der Waals surface area contributed by atoms with E-state index >= 15 is 0 Å². The first kappa shape index (κ1) is 36.0. The number of nitrogens with one attached hydrogen (secondary N) is 3. The number of aromatic nitrogens is 2. The molecule has 1 aromatic heterocycles. The highest BCUT2D eigenvalue weighted by Crippen LogP contribution is 2.26. The summed E-state index contributed by atoms with van der Waals surface area (Å²) in [6, 6.07) is 3.98. The van der Waals surface area contributed by atoms with Crippen molar-refractivity contribution in [1.29, 1.82) is 0 Å². The third-order valence-corrected chi connectivity index (χ3v) is 8.70. The number of carbonyl (C=O) groups excluding carboxylic acids is 6. The molecule has 0 bridgehead atoms. The molecule has 4 rings (SSSR count). The number of fused-ring (bicyclic) bond motifs is 1. The number of benzene rings is 1. The fourth-order valence-electron chi connectivity index (χ4n) is 5.86. The second kappa shape index (κ2) is 16.3. The molecular weight excluding hydrogens is 618 g/mol. The van der Waals surface area contributed by atoms with Crippen LogP contribution >= 0.6 is 0 Å². The Labute approximate surface area is 280 Å². The van der Waals surface area contributed by atoms with Crippen molar-refractivity contribution < 1.29 is 33.5 Å². The van der Waals surface area contributed by atoms with E-state index in [2.05, 4.69) is 25.9 Å². The van der Waals surface area contributed by atoms with Gasteiger partial charge < -0.3 is 35.3 Å². The summed E-state index contributed by atoms with van der Waals surface area (Å²) >= 11 is 0. The summed E-state index contributed by atoms with van der Waals surface area (Å²) in [5.74, 6) is -3.05. The molecule has 258 valence electrons. The predicted octanol–water partition coefficient (Wildman–Crippen LogP) is 1.63. The van der Waals surface area contributed by atoms with Crippen molar-refractivity contribution in [3.05, 3.63) is 59.7 Å². The van der Waals surface area contributed by atoms with Crippen LogP contribution in [0.3, 0.4) is 0 Å². The average molecular weight is 664 g/mol. The average Bonchev–Trinajstić information content (AvgIpc) is 3.51. The fraction of sp³-hybridized carbons (Fsp3) is 0.529. The summed E-state index contributed by atoms with van der Waals surface area (Å²) in [4.78, 5) is 89.6. The molecule has 14 nitrogen and oxygen atoms in total. The number of hydrogen-bond donors (Lipinski definition) is 3. The van der Waals surface area contributed by atoms with E-state index in [1.165, 1.54) is 29.1 Å². The lowest BCUT2D eigenvalue weighted by Gasteiger charge is -2.32. The maximum absolute atomic E-state index is 14.2. The van der Waals surface area contributed by atoms with Crippen molar-refractivity contribution in [2.45, 2.75) is 90.7 Å². The smallest absolute Gasteiger partial charge is 0.410 e. The van der Waals surface area contributed by atoms with Crippen LogP contribution in [0.1, 0.15) is 69.1 Å². The Kier molecular flexibility index (Phi) is 12.2. The van der Waals surface area contributed by atoms with Gasteiger partial charge in [-0.05, 0) is 35.8 Å². The minimum atomic E-state index is -1.08. The summed E-state index contributed by atoms with van der Waals surface area (Å²) < 4.78 is 5.86. The summed E-state index contributed by atoms with van der Waals surface area (Å²) in [5, 5.41) is 8.13. The molecule has 0 spiro atoms. The van der Waals surface area contributed by atoms with E-state index in [0.717, 1.165) is 5.56 Å². The molecule has 5 amide bonds. The second-order valence-electron chi connectivity index (χ2n) is 12.9. The van der Waals surface area contributed by atoms with Crippen molar-refractivity contribution in [1.82, 2.24) is 35.7 Å². The van der Waals surface area contributed by atoms with Crippen molar-refractivity contribution >= 4 is 36.0 Å². The summed E-state index contributed by atoms with van der Waals surface area (Å²) in [7, 11) is 0. The molecule has 0 radical (unpaired) electrons. The van der Waals surface area contributed by atoms with Crippen molar-refractivity contribution in [2.24, 2.45) is 11.8 Å². The molecule has 3 heterocycles. The number of carbonyl (C=O) groups is 6. The number of aldehydes is 1. The molecule has 1 saturated heterocycles. The molecule has 0 saturated carbocycles. The maximum Gasteiger partial charge on any atom is 0.410 e. The Morgan fingerprint density at radius 2 is 1.69 bits per heavy atom. The molecule has 0 aliphatic carbocycles. The Morgan fingerprint density at radius 3 is 2.31 bits per heavy atom. The van der Waals surface area contributed by atoms with E-state index in [4.69, 9.17) is 4.74 Å². The summed E-state index contributed by atoms with van der Waals surface area (Å²) in [5.41, 5.74) is 2.24. The number of rotatable bonds is 12. The summed E-state index contributed by atoms with van der Waals surface area (Å²) in [6.07, 6.45) is 4.41. The van der Waals surface area contributed by atoms with Crippen LogP contribution in [0.15, 0.2) is 42.9 Å². The van der Waals surface area contributed by atoms with E-state index in [1.54, 1.807) is 39.5 Å². The zero-order chi connectivity index (χ0) is 35.0. The van der Waals surface area contributed by atoms with Gasteiger partial charge in [0.05, 0.1) is 18.8 Å². The van der Waals surface area contributed by atoms with E-state index in [0.29, 0.717) is 32.2 Å². The molecule has 0 unspecified atom stereocenters. The van der Waals surface area contributed by atoms with E-state index in [9.17, 15) is 28.8 Å². The van der Waals surface area contributed by atoms with Crippen LogP contribution < -0.4 is 16.0 Å². The van der Waals surface area contributed by atoms with Crippen LogP contribution in [0.2, 0.25) is 0 Å². The Hall–Kier alpha value is -4.88. The molecule has 2 aliphatic heterocycles. The summed E-state index contributed by atoms with van der Waals surface area (Å²) in [6.45, 7) is 9.54. The van der Waals surface area contributed by atoms with Crippen molar-refractivity contribution in [2.75, 3.05) is 13.1 Å². The Balaban J connectivity index is 1.50. The number of amides is 5. The highest BCUT2D eigenvalue weighted by atomic mass is 16.6. The first-order valence-electron chi connectivity index (χ1n) is 16.4. The molecule has 5 atom stereocenters. The highest BCUT2D eigenvalue weighted by Gasteiger charge is 2.45. The van der Waals surface area contributed by atoms with E-state index in [-0.39, 0.29) is 24.6 Å².